The molecule has 0 saturated carbocycles. The molecule has 0 bridgehead atoms. The van der Waals surface area contributed by atoms with E-state index in [9.17, 15) is 5.11 Å². The largest absolute Gasteiger partial charge is 1.00 e. The summed E-state index contributed by atoms with van der Waals surface area (Å²) in [6, 6.07) is 11.3. The molecule has 0 amide bonds. The summed E-state index contributed by atoms with van der Waals surface area (Å²) in [5.41, 5.74) is 4.37. The van der Waals surface area contributed by atoms with Crippen LogP contribution in [0.4, 0.5) is 0 Å². The maximum atomic E-state index is 11.9. The van der Waals surface area contributed by atoms with E-state index in [2.05, 4.69) is 11.1 Å². The summed E-state index contributed by atoms with van der Waals surface area (Å²) in [5, 5.41) is 11.9. The number of aliphatic imine (C=N–C) groups is 1. The van der Waals surface area contributed by atoms with Crippen molar-refractivity contribution in [1.29, 1.82) is 0 Å². The van der Waals surface area contributed by atoms with E-state index < -0.39 is 0 Å². The molecule has 0 unspecified atom stereocenters. The number of hydrogen-bond acceptors (Lipinski definition) is 4. The predicted octanol–water partition coefficient (Wildman–Crippen LogP) is -0.631. The number of hydrogen-bond donors (Lipinski definition) is 0. The maximum Gasteiger partial charge on any atom is 1.00 e. The third kappa shape index (κ3) is 3.89. The Hall–Kier alpha value is -1.49. The summed E-state index contributed by atoms with van der Waals surface area (Å²) in [6.07, 6.45) is 1.57. The van der Waals surface area contributed by atoms with Crippen LogP contribution in [0, 0.1) is 0 Å². The monoisotopic (exact) mass is 319 g/mol. The first-order valence-corrected chi connectivity index (χ1v) is 7.26. The van der Waals surface area contributed by atoms with E-state index in [4.69, 9.17) is 9.47 Å². The van der Waals surface area contributed by atoms with Crippen LogP contribution in [-0.4, -0.2) is 26.5 Å². The van der Waals surface area contributed by atoms with Gasteiger partial charge in [-0.05, 0) is 47.4 Å². The first-order chi connectivity index (χ1) is 10.7. The van der Waals surface area contributed by atoms with Gasteiger partial charge in [0.05, 0.1) is 14.2 Å². The molecule has 3 rings (SSSR count). The average Bonchev–Trinajstić information content (AvgIpc) is 2.55. The molecule has 114 valence electrons. The molecule has 0 radical (unpaired) electrons. The maximum absolute atomic E-state index is 11.9. The van der Waals surface area contributed by atoms with Gasteiger partial charge in [0.2, 0.25) is 0 Å². The molecule has 0 fully saturated rings. The van der Waals surface area contributed by atoms with E-state index in [0.717, 1.165) is 35.6 Å². The van der Waals surface area contributed by atoms with E-state index in [0.29, 0.717) is 12.2 Å². The zero-order valence-electron chi connectivity index (χ0n) is 13.8. The Labute approximate surface area is 158 Å². The Morgan fingerprint density at radius 2 is 1.91 bits per heavy atom. The second-order valence-electron chi connectivity index (χ2n) is 5.26. The van der Waals surface area contributed by atoms with Crippen LogP contribution in [0.15, 0.2) is 41.4 Å². The van der Waals surface area contributed by atoms with Crippen LogP contribution in [-0.2, 0) is 12.8 Å². The molecule has 0 aromatic heterocycles. The summed E-state index contributed by atoms with van der Waals surface area (Å²) in [5.74, 6) is 1.15. The average molecular weight is 319 g/mol. The molecule has 5 heteroatoms. The predicted molar refractivity (Wildman–Crippen MR) is 84.2 cm³/mol. The van der Waals surface area contributed by atoms with Crippen molar-refractivity contribution in [2.75, 3.05) is 20.8 Å². The van der Waals surface area contributed by atoms with Crippen LogP contribution in [0.3, 0.4) is 0 Å². The standard InChI is InChI=1S/C18H19NO3.Na/c1-21-14-4-5-15-13(11-14)7-8-19-16(15)9-12-3-6-18(22-2)17(20)10-12;/h3-6,10-11,20H,7-9H2,1-2H3;/q;+1/p-1. The van der Waals surface area contributed by atoms with E-state index in [-0.39, 0.29) is 35.3 Å². The SMILES string of the molecule is COc1ccc2c(c1)CCN=C2Cc1ccc(OC)c([O-])c1.[Na+]. The Balaban J connectivity index is 0.00000192. The number of fused-ring (bicyclic) bond motifs is 1. The van der Waals surface area contributed by atoms with Crippen LogP contribution >= 0.6 is 0 Å². The fourth-order valence-electron chi connectivity index (χ4n) is 2.76. The molecule has 23 heavy (non-hydrogen) atoms. The van der Waals surface area contributed by atoms with E-state index >= 15 is 0 Å². The van der Waals surface area contributed by atoms with Crippen LogP contribution < -0.4 is 44.1 Å². The molecule has 1 heterocycles. The van der Waals surface area contributed by atoms with Crippen LogP contribution in [0.25, 0.3) is 0 Å². The van der Waals surface area contributed by atoms with Gasteiger partial charge in [0.25, 0.3) is 0 Å². The van der Waals surface area contributed by atoms with Crippen LogP contribution in [0.1, 0.15) is 16.7 Å². The Kier molecular flexibility index (Phi) is 6.10. The van der Waals surface area contributed by atoms with Crippen molar-refractivity contribution in [2.45, 2.75) is 12.8 Å². The fraction of sp³-hybridized carbons (Fsp3) is 0.278. The quantitative estimate of drug-likeness (QED) is 0.705. The summed E-state index contributed by atoms with van der Waals surface area (Å²) in [7, 11) is 3.18. The Morgan fingerprint density at radius 3 is 2.61 bits per heavy atom. The van der Waals surface area contributed by atoms with Gasteiger partial charge >= 0.3 is 29.6 Å². The summed E-state index contributed by atoms with van der Waals surface area (Å²) in [6.45, 7) is 0.774. The topological polar surface area (TPSA) is 53.9 Å². The minimum Gasteiger partial charge on any atom is -0.870 e. The summed E-state index contributed by atoms with van der Waals surface area (Å²) >= 11 is 0. The number of ether oxygens (including phenoxy) is 2. The Bertz CT molecular complexity index is 728. The van der Waals surface area contributed by atoms with Crippen molar-refractivity contribution < 1.29 is 44.1 Å². The molecular weight excluding hydrogens is 301 g/mol. The molecule has 2 aromatic rings. The van der Waals surface area contributed by atoms with Crippen molar-refractivity contribution in [3.8, 4) is 17.2 Å². The van der Waals surface area contributed by atoms with Gasteiger partial charge in [0.1, 0.15) is 11.5 Å². The second kappa shape index (κ2) is 7.86. The number of benzene rings is 2. The minimum atomic E-state index is -0.0913. The number of nitrogens with zero attached hydrogens (tertiary/aromatic N) is 1. The molecular formula is C18H18NNaO3. The third-order valence-corrected chi connectivity index (χ3v) is 3.91. The summed E-state index contributed by atoms with van der Waals surface area (Å²) in [4.78, 5) is 4.64. The van der Waals surface area contributed by atoms with Gasteiger partial charge < -0.3 is 14.6 Å². The van der Waals surface area contributed by atoms with Crippen LogP contribution in [0.5, 0.6) is 17.2 Å². The van der Waals surface area contributed by atoms with Crippen molar-refractivity contribution in [3.05, 3.63) is 53.1 Å². The van der Waals surface area contributed by atoms with Gasteiger partial charge in [0.15, 0.2) is 0 Å². The normalized spacial score (nSPS) is 12.7. The van der Waals surface area contributed by atoms with Crippen molar-refractivity contribution in [2.24, 2.45) is 4.99 Å². The zero-order valence-corrected chi connectivity index (χ0v) is 15.8. The molecule has 1 aliphatic rings. The minimum absolute atomic E-state index is 0. The van der Waals surface area contributed by atoms with Gasteiger partial charge in [-0.3, -0.25) is 4.99 Å². The smallest absolute Gasteiger partial charge is 0.870 e. The molecule has 0 aliphatic carbocycles. The van der Waals surface area contributed by atoms with Gasteiger partial charge in [-0.1, -0.05) is 17.9 Å². The first-order valence-electron chi connectivity index (χ1n) is 7.26. The first kappa shape index (κ1) is 17.9. The molecule has 2 aromatic carbocycles. The number of rotatable bonds is 4. The third-order valence-electron chi connectivity index (χ3n) is 3.91. The van der Waals surface area contributed by atoms with Crippen LogP contribution in [0.2, 0.25) is 0 Å². The van der Waals surface area contributed by atoms with Gasteiger partial charge in [-0.15, -0.1) is 0 Å². The zero-order chi connectivity index (χ0) is 15.5. The molecule has 0 N–H and O–H groups in total. The van der Waals surface area contributed by atoms with Crippen molar-refractivity contribution in [3.63, 3.8) is 0 Å². The second-order valence-corrected chi connectivity index (χ2v) is 5.26. The van der Waals surface area contributed by atoms with E-state index in [1.54, 1.807) is 19.2 Å². The molecule has 1 aliphatic heterocycles. The number of methoxy groups -OCH3 is 2. The van der Waals surface area contributed by atoms with E-state index in [1.807, 2.05) is 18.2 Å². The van der Waals surface area contributed by atoms with E-state index in [1.165, 1.54) is 12.7 Å². The molecule has 4 nitrogen and oxygen atoms in total. The van der Waals surface area contributed by atoms with Crippen molar-refractivity contribution in [1.82, 2.24) is 0 Å². The van der Waals surface area contributed by atoms with Gasteiger partial charge in [0, 0.05) is 18.7 Å². The molecule has 0 saturated heterocycles. The molecule has 0 spiro atoms. The van der Waals surface area contributed by atoms with Gasteiger partial charge in [-0.25, -0.2) is 0 Å². The van der Waals surface area contributed by atoms with Gasteiger partial charge in [-0.2, -0.15) is 0 Å². The fourth-order valence-corrected chi connectivity index (χ4v) is 2.76. The molecule has 0 atom stereocenters. The summed E-state index contributed by atoms with van der Waals surface area (Å²) < 4.78 is 10.3. The Morgan fingerprint density at radius 1 is 1.09 bits per heavy atom. The van der Waals surface area contributed by atoms with Crippen molar-refractivity contribution >= 4 is 5.71 Å².